The summed E-state index contributed by atoms with van der Waals surface area (Å²) in [5, 5.41) is 0. The van der Waals surface area contributed by atoms with Crippen molar-refractivity contribution in [3.8, 4) is 0 Å². The fourth-order valence-electron chi connectivity index (χ4n) is 7.44. The molecule has 0 unspecified atom stereocenters. The smallest absolute Gasteiger partial charge is 0.235 e. The molecule has 3 rings (SSSR count). The van der Waals surface area contributed by atoms with Gasteiger partial charge in [-0.3, -0.25) is 0 Å². The third-order valence-electron chi connectivity index (χ3n) is 9.08. The summed E-state index contributed by atoms with van der Waals surface area (Å²) >= 11 is 0. The van der Waals surface area contributed by atoms with Crippen molar-refractivity contribution < 1.29 is 18.3 Å². The molecule has 0 aromatic carbocycles. The number of hydrogen-bond acceptors (Lipinski definition) is 7. The van der Waals surface area contributed by atoms with E-state index < -0.39 is 16.6 Å². The maximum absolute atomic E-state index is 6.77. The number of ether oxygens (including phenoxy) is 2. The van der Waals surface area contributed by atoms with Crippen LogP contribution in [0.3, 0.4) is 0 Å². The van der Waals surface area contributed by atoms with Crippen LogP contribution in [0.2, 0.25) is 33.2 Å². The van der Waals surface area contributed by atoms with E-state index in [0.717, 1.165) is 0 Å². The summed E-state index contributed by atoms with van der Waals surface area (Å²) in [4.78, 5) is 14.5. The lowest BCUT2D eigenvalue weighted by molar-refractivity contribution is 0.222. The lowest BCUT2D eigenvalue weighted by Gasteiger charge is -2.42. The Bertz CT molecular complexity index is 918. The highest BCUT2D eigenvalue weighted by molar-refractivity contribution is 6.78. The van der Waals surface area contributed by atoms with Gasteiger partial charge in [-0.05, 0) is 45.4 Å². The summed E-state index contributed by atoms with van der Waals surface area (Å²) in [6.07, 6.45) is 0. The second-order valence-corrected chi connectivity index (χ2v) is 24.4. The van der Waals surface area contributed by atoms with Crippen molar-refractivity contribution in [2.45, 2.75) is 128 Å². The van der Waals surface area contributed by atoms with E-state index in [-0.39, 0.29) is 12.1 Å². The van der Waals surface area contributed by atoms with Crippen LogP contribution < -0.4 is 0 Å². The molecule has 0 spiro atoms. The van der Waals surface area contributed by atoms with Gasteiger partial charge in [0.15, 0.2) is 16.6 Å². The Morgan fingerprint density at radius 3 is 1.25 bits per heavy atom. The van der Waals surface area contributed by atoms with Gasteiger partial charge in [0, 0.05) is 0 Å². The van der Waals surface area contributed by atoms with Gasteiger partial charge >= 0.3 is 0 Å². The Morgan fingerprint density at radius 1 is 0.625 bits per heavy atom. The highest BCUT2D eigenvalue weighted by atomic mass is 28.4. The minimum absolute atomic E-state index is 0.0162. The minimum atomic E-state index is -1.95. The standard InChI is InChI=1S/C31H55N3O4Si2/c1-20(2)39(21(3)4,22(5)6)37-18-26-16-35-30(32-26)28-14-13-15-29(34-28)31-33-27(17-36-31)19-38-40(23(7)8,24(9)10)25(11)12/h13-15,20-27H,16-19H2,1-12H3/t26-,27-/m0/s1. The fraction of sp³-hybridized carbons (Fsp3) is 0.774. The Balaban J connectivity index is 1.69. The van der Waals surface area contributed by atoms with E-state index in [4.69, 9.17) is 33.3 Å². The van der Waals surface area contributed by atoms with E-state index in [2.05, 4.69) is 83.1 Å². The Hall–Kier alpha value is -1.56. The van der Waals surface area contributed by atoms with E-state index in [9.17, 15) is 0 Å². The first kappa shape index (κ1) is 33.0. The monoisotopic (exact) mass is 589 g/mol. The van der Waals surface area contributed by atoms with Gasteiger partial charge in [-0.1, -0.05) is 89.2 Å². The second kappa shape index (κ2) is 13.6. The lowest BCUT2D eigenvalue weighted by atomic mass is 10.3. The largest absolute Gasteiger partial charge is 0.474 e. The first-order valence-electron chi connectivity index (χ1n) is 15.4. The molecule has 7 nitrogen and oxygen atoms in total. The van der Waals surface area contributed by atoms with Crippen molar-refractivity contribution in [1.29, 1.82) is 0 Å². The molecule has 9 heteroatoms. The first-order valence-corrected chi connectivity index (χ1v) is 19.7. The SMILES string of the molecule is CC(C)[Si](OC[C@@H]1COC(c2cccc(C3=N[C@H](CO[Si](C(C)C)(C(C)C)C(C)C)CO3)n2)=N1)(C(C)C)C(C)C. The van der Waals surface area contributed by atoms with E-state index in [1.807, 2.05) is 18.2 Å². The van der Waals surface area contributed by atoms with Crippen molar-refractivity contribution in [2.24, 2.45) is 9.98 Å². The highest BCUT2D eigenvalue weighted by Crippen LogP contribution is 2.43. The summed E-state index contributed by atoms with van der Waals surface area (Å²) in [5.41, 5.74) is 4.65. The molecule has 0 N–H and O–H groups in total. The van der Waals surface area contributed by atoms with Gasteiger partial charge in [-0.15, -0.1) is 0 Å². The number of rotatable bonds is 14. The maximum atomic E-state index is 6.77. The number of aromatic nitrogens is 1. The molecule has 0 bridgehead atoms. The van der Waals surface area contributed by atoms with E-state index in [1.165, 1.54) is 0 Å². The molecule has 0 aliphatic carbocycles. The second-order valence-electron chi connectivity index (χ2n) is 13.5. The Morgan fingerprint density at radius 2 is 0.950 bits per heavy atom. The predicted molar refractivity (Wildman–Crippen MR) is 171 cm³/mol. The van der Waals surface area contributed by atoms with Crippen LogP contribution in [-0.4, -0.2) is 71.9 Å². The molecule has 1 aromatic rings. The zero-order valence-electron chi connectivity index (χ0n) is 27.2. The summed E-state index contributed by atoms with van der Waals surface area (Å²) in [6.45, 7) is 29.9. The van der Waals surface area contributed by atoms with Crippen LogP contribution in [0.4, 0.5) is 0 Å². The average molecular weight is 590 g/mol. The summed E-state index contributed by atoms with van der Waals surface area (Å²) in [5.74, 6) is 1.14. The van der Waals surface area contributed by atoms with Crippen LogP contribution in [0.1, 0.15) is 94.5 Å². The topological polar surface area (TPSA) is 74.5 Å². The van der Waals surface area contributed by atoms with Crippen LogP contribution in [0.15, 0.2) is 28.2 Å². The van der Waals surface area contributed by atoms with Crippen molar-refractivity contribution in [3.05, 3.63) is 29.6 Å². The van der Waals surface area contributed by atoms with Gasteiger partial charge in [-0.2, -0.15) is 0 Å². The molecule has 1 aromatic heterocycles. The third kappa shape index (κ3) is 6.74. The summed E-state index contributed by atoms with van der Waals surface area (Å²) in [7, 11) is -3.90. The zero-order chi connectivity index (χ0) is 29.8. The van der Waals surface area contributed by atoms with Crippen molar-refractivity contribution in [3.63, 3.8) is 0 Å². The van der Waals surface area contributed by atoms with Crippen LogP contribution >= 0.6 is 0 Å². The molecular weight excluding hydrogens is 535 g/mol. The molecule has 0 saturated heterocycles. The quantitative estimate of drug-likeness (QED) is 0.207. The molecule has 0 saturated carbocycles. The summed E-state index contributed by atoms with van der Waals surface area (Å²) < 4.78 is 25.6. The number of nitrogens with zero attached hydrogens (tertiary/aromatic N) is 3. The fourth-order valence-corrected chi connectivity index (χ4v) is 18.4. The number of hydrogen-bond donors (Lipinski definition) is 0. The molecule has 2 aliphatic heterocycles. The first-order chi connectivity index (χ1) is 18.7. The summed E-state index contributed by atoms with van der Waals surface area (Å²) in [6, 6.07) is 5.80. The van der Waals surface area contributed by atoms with Crippen LogP contribution in [-0.2, 0) is 18.3 Å². The van der Waals surface area contributed by atoms with Gasteiger partial charge in [0.05, 0.1) is 13.2 Å². The van der Waals surface area contributed by atoms with Crippen LogP contribution in [0.5, 0.6) is 0 Å². The average Bonchev–Trinajstić information content (AvgIpc) is 3.54. The molecule has 3 heterocycles. The molecular formula is C31H55N3O4Si2. The highest BCUT2D eigenvalue weighted by Gasteiger charge is 2.46. The predicted octanol–water partition coefficient (Wildman–Crippen LogP) is 7.76. The lowest BCUT2D eigenvalue weighted by Crippen LogP contribution is -2.49. The van der Waals surface area contributed by atoms with Gasteiger partial charge in [-0.25, -0.2) is 15.0 Å². The molecule has 2 aliphatic rings. The molecule has 40 heavy (non-hydrogen) atoms. The van der Waals surface area contributed by atoms with Gasteiger partial charge in [0.1, 0.15) is 36.7 Å². The van der Waals surface area contributed by atoms with Gasteiger partial charge in [0.25, 0.3) is 0 Å². The maximum Gasteiger partial charge on any atom is 0.235 e. The van der Waals surface area contributed by atoms with E-state index in [0.29, 0.717) is 82.9 Å². The van der Waals surface area contributed by atoms with E-state index in [1.54, 1.807) is 0 Å². The van der Waals surface area contributed by atoms with Crippen molar-refractivity contribution >= 4 is 28.4 Å². The molecule has 0 fully saturated rings. The normalized spacial score (nSPS) is 20.2. The minimum Gasteiger partial charge on any atom is -0.474 e. The number of pyridine rings is 1. The van der Waals surface area contributed by atoms with Gasteiger partial charge < -0.3 is 18.3 Å². The Labute approximate surface area is 245 Å². The van der Waals surface area contributed by atoms with E-state index >= 15 is 0 Å². The zero-order valence-corrected chi connectivity index (χ0v) is 29.2. The third-order valence-corrected chi connectivity index (χ3v) is 21.2. The molecule has 226 valence electrons. The molecule has 0 radical (unpaired) electrons. The van der Waals surface area contributed by atoms with Crippen molar-refractivity contribution in [2.75, 3.05) is 26.4 Å². The Kier molecular flexibility index (Phi) is 11.2. The van der Waals surface area contributed by atoms with Crippen LogP contribution in [0, 0.1) is 0 Å². The van der Waals surface area contributed by atoms with Crippen LogP contribution in [0.25, 0.3) is 0 Å². The molecule has 0 amide bonds. The molecule has 2 atom stereocenters. The van der Waals surface area contributed by atoms with Gasteiger partial charge in [0.2, 0.25) is 11.8 Å². The number of aliphatic imine (C=N–C) groups is 2. The van der Waals surface area contributed by atoms with Crippen molar-refractivity contribution in [1.82, 2.24) is 4.98 Å².